The van der Waals surface area contributed by atoms with E-state index in [0.717, 1.165) is 12.8 Å². The Hall–Kier alpha value is -2.35. The second-order valence-electron chi connectivity index (χ2n) is 7.61. The van der Waals surface area contributed by atoms with Crippen molar-refractivity contribution in [3.8, 4) is 5.75 Å². The quantitative estimate of drug-likeness (QED) is 0.425. The molecule has 1 fully saturated rings. The van der Waals surface area contributed by atoms with Gasteiger partial charge >= 0.3 is 0 Å². The maximum Gasteiger partial charge on any atom is 0.259 e. The lowest BCUT2D eigenvalue weighted by atomic mass is 10.1. The van der Waals surface area contributed by atoms with Gasteiger partial charge in [0.15, 0.2) is 6.79 Å². The highest BCUT2D eigenvalue weighted by Crippen LogP contribution is 2.33. The number of nitrogens with one attached hydrogen (secondary N) is 1. The van der Waals surface area contributed by atoms with Crippen molar-refractivity contribution in [2.24, 2.45) is 0 Å². The average Bonchev–Trinajstić information content (AvgIpc) is 3.07. The van der Waals surface area contributed by atoms with Crippen molar-refractivity contribution in [1.82, 2.24) is 0 Å². The van der Waals surface area contributed by atoms with Gasteiger partial charge in [0.25, 0.3) is 5.91 Å². The Morgan fingerprint density at radius 2 is 1.90 bits per heavy atom. The van der Waals surface area contributed by atoms with Crippen molar-refractivity contribution in [1.29, 1.82) is 0 Å². The van der Waals surface area contributed by atoms with Crippen molar-refractivity contribution in [2.45, 2.75) is 38.8 Å². The molecule has 0 aromatic heterocycles. The number of rotatable bonds is 9. The first-order valence-electron chi connectivity index (χ1n) is 10.3. The molecule has 0 spiro atoms. The van der Waals surface area contributed by atoms with Crippen LogP contribution in [-0.2, 0) is 9.47 Å². The van der Waals surface area contributed by atoms with Crippen LogP contribution in [0.5, 0.6) is 5.75 Å². The lowest BCUT2D eigenvalue weighted by molar-refractivity contribution is -0.00872. The van der Waals surface area contributed by atoms with Crippen LogP contribution in [0.15, 0.2) is 36.4 Å². The molecule has 1 N–H and O–H groups in total. The third kappa shape index (κ3) is 5.87. The van der Waals surface area contributed by atoms with Crippen molar-refractivity contribution >= 4 is 28.9 Å². The number of methoxy groups -OCH3 is 1. The van der Waals surface area contributed by atoms with E-state index in [1.165, 1.54) is 12.1 Å². The minimum absolute atomic E-state index is 0.0409. The van der Waals surface area contributed by atoms with Crippen LogP contribution in [0, 0.1) is 5.82 Å². The first-order chi connectivity index (χ1) is 14.9. The Bertz CT molecular complexity index is 901. The summed E-state index contributed by atoms with van der Waals surface area (Å²) in [6.45, 7) is 4.96. The summed E-state index contributed by atoms with van der Waals surface area (Å²) in [5.74, 6) is -0.506. The molecule has 2 unspecified atom stereocenters. The largest absolute Gasteiger partial charge is 0.467 e. The van der Waals surface area contributed by atoms with Crippen LogP contribution >= 0.6 is 11.6 Å². The molecule has 0 radical (unpaired) electrons. The topological polar surface area (TPSA) is 60.0 Å². The van der Waals surface area contributed by atoms with E-state index in [1.807, 2.05) is 0 Å². The van der Waals surface area contributed by atoms with Gasteiger partial charge in [0.05, 0.1) is 24.5 Å². The van der Waals surface area contributed by atoms with Gasteiger partial charge in [0.2, 0.25) is 0 Å². The second-order valence-corrected chi connectivity index (χ2v) is 8.04. The summed E-state index contributed by atoms with van der Waals surface area (Å²) in [5.41, 5.74) is 1.14. The molecule has 3 rings (SSSR count). The summed E-state index contributed by atoms with van der Waals surface area (Å²) < 4.78 is 30.6. The zero-order valence-corrected chi connectivity index (χ0v) is 18.7. The van der Waals surface area contributed by atoms with Gasteiger partial charge in [0, 0.05) is 29.9 Å². The summed E-state index contributed by atoms with van der Waals surface area (Å²) in [4.78, 5) is 14.9. The van der Waals surface area contributed by atoms with Gasteiger partial charge < -0.3 is 24.4 Å². The normalized spacial score (nSPS) is 18.3. The van der Waals surface area contributed by atoms with Gasteiger partial charge in [-0.25, -0.2) is 4.39 Å². The van der Waals surface area contributed by atoms with Gasteiger partial charge in [-0.2, -0.15) is 0 Å². The van der Waals surface area contributed by atoms with E-state index in [4.69, 9.17) is 25.8 Å². The maximum atomic E-state index is 14.8. The highest BCUT2D eigenvalue weighted by atomic mass is 35.5. The van der Waals surface area contributed by atoms with Crippen LogP contribution in [0.2, 0.25) is 5.02 Å². The molecule has 2 aromatic rings. The fourth-order valence-corrected chi connectivity index (χ4v) is 3.95. The smallest absolute Gasteiger partial charge is 0.259 e. The number of amides is 1. The number of carbonyl (C=O) groups excluding carboxylic acids is 1. The molecule has 2 aromatic carbocycles. The molecule has 0 aliphatic carbocycles. The third-order valence-corrected chi connectivity index (χ3v) is 5.59. The van der Waals surface area contributed by atoms with Crippen molar-refractivity contribution in [3.05, 3.63) is 52.8 Å². The second kappa shape index (κ2) is 10.8. The van der Waals surface area contributed by atoms with E-state index < -0.39 is 5.91 Å². The number of nitrogens with zero attached hydrogens (tertiary/aromatic N) is 1. The highest BCUT2D eigenvalue weighted by molar-refractivity contribution is 6.31. The fraction of sp³-hybridized carbons (Fsp3) is 0.435. The monoisotopic (exact) mass is 450 g/mol. The predicted molar refractivity (Wildman–Crippen MR) is 120 cm³/mol. The third-order valence-electron chi connectivity index (χ3n) is 5.35. The zero-order valence-electron chi connectivity index (χ0n) is 18.0. The van der Waals surface area contributed by atoms with Gasteiger partial charge in [-0.15, -0.1) is 0 Å². The molecule has 1 aliphatic heterocycles. The molecule has 6 nitrogen and oxygen atoms in total. The SMILES string of the molecule is COCCOCOc1ccc(Cl)cc1C(=O)Nc1ccc(N2C(C)CCC2C)c(F)c1. The molecule has 0 saturated carbocycles. The van der Waals surface area contributed by atoms with Crippen LogP contribution in [0.1, 0.15) is 37.0 Å². The number of halogens is 2. The number of anilines is 2. The van der Waals surface area contributed by atoms with E-state index in [0.29, 0.717) is 35.4 Å². The summed E-state index contributed by atoms with van der Waals surface area (Å²) in [6, 6.07) is 10.0. The number of ether oxygens (including phenoxy) is 3. The van der Waals surface area contributed by atoms with Crippen LogP contribution in [0.25, 0.3) is 0 Å². The van der Waals surface area contributed by atoms with Crippen LogP contribution < -0.4 is 15.0 Å². The van der Waals surface area contributed by atoms with Crippen molar-refractivity contribution in [3.63, 3.8) is 0 Å². The minimum Gasteiger partial charge on any atom is -0.467 e. The van der Waals surface area contributed by atoms with Crippen LogP contribution in [0.4, 0.5) is 15.8 Å². The highest BCUT2D eigenvalue weighted by Gasteiger charge is 2.29. The summed E-state index contributed by atoms with van der Waals surface area (Å²) in [6.07, 6.45) is 2.07. The number of carbonyl (C=O) groups is 1. The van der Waals surface area contributed by atoms with E-state index in [2.05, 4.69) is 24.1 Å². The molecule has 1 aliphatic rings. The lowest BCUT2D eigenvalue weighted by Crippen LogP contribution is -2.33. The van der Waals surface area contributed by atoms with Gasteiger partial charge in [0.1, 0.15) is 11.6 Å². The molecular formula is C23H28ClFN2O4. The summed E-state index contributed by atoms with van der Waals surface area (Å²) in [7, 11) is 1.58. The molecule has 8 heteroatoms. The summed E-state index contributed by atoms with van der Waals surface area (Å²) >= 11 is 6.06. The van der Waals surface area contributed by atoms with E-state index in [1.54, 1.807) is 31.4 Å². The molecule has 1 saturated heterocycles. The molecule has 2 atom stereocenters. The van der Waals surface area contributed by atoms with Gasteiger partial charge in [-0.3, -0.25) is 4.79 Å². The fourth-order valence-electron chi connectivity index (χ4n) is 3.77. The Balaban J connectivity index is 1.71. The lowest BCUT2D eigenvalue weighted by Gasteiger charge is -2.29. The molecule has 0 bridgehead atoms. The average molecular weight is 451 g/mol. The van der Waals surface area contributed by atoms with Crippen molar-refractivity contribution in [2.75, 3.05) is 37.3 Å². The van der Waals surface area contributed by atoms with Crippen molar-refractivity contribution < 1.29 is 23.4 Å². The molecule has 1 heterocycles. The zero-order chi connectivity index (χ0) is 22.4. The van der Waals surface area contributed by atoms with Crippen LogP contribution in [0.3, 0.4) is 0 Å². The Morgan fingerprint density at radius 1 is 1.16 bits per heavy atom. The molecule has 1 amide bonds. The minimum atomic E-state index is -0.454. The van der Waals surface area contributed by atoms with E-state index >= 15 is 0 Å². The first-order valence-corrected chi connectivity index (χ1v) is 10.7. The number of benzene rings is 2. The predicted octanol–water partition coefficient (Wildman–Crippen LogP) is 5.11. The van der Waals surface area contributed by atoms with E-state index in [9.17, 15) is 9.18 Å². The molecular weight excluding hydrogens is 423 g/mol. The first kappa shape index (κ1) is 23.3. The number of hydrogen-bond acceptors (Lipinski definition) is 5. The maximum absolute atomic E-state index is 14.8. The summed E-state index contributed by atoms with van der Waals surface area (Å²) in [5, 5.41) is 3.11. The van der Waals surface area contributed by atoms with Crippen LogP contribution in [-0.4, -0.2) is 45.1 Å². The molecule has 168 valence electrons. The van der Waals surface area contributed by atoms with Gasteiger partial charge in [-0.05, 0) is 63.1 Å². The van der Waals surface area contributed by atoms with Gasteiger partial charge in [-0.1, -0.05) is 11.6 Å². The number of hydrogen-bond donors (Lipinski definition) is 1. The molecule has 31 heavy (non-hydrogen) atoms. The standard InChI is InChI=1S/C23H28ClFN2O4/c1-15-4-5-16(2)27(15)21-8-7-18(13-20(21)25)26-23(28)19-12-17(24)6-9-22(19)31-14-30-11-10-29-3/h6-9,12-13,15-16H,4-5,10-11,14H2,1-3H3,(H,26,28). The Labute approximate surface area is 187 Å². The Kier molecular flexibility index (Phi) is 8.12. The van der Waals surface area contributed by atoms with E-state index in [-0.39, 0.29) is 30.3 Å². The Morgan fingerprint density at radius 3 is 2.58 bits per heavy atom.